The van der Waals surface area contributed by atoms with Crippen molar-refractivity contribution in [1.29, 1.82) is 0 Å². The molecule has 3 rings (SSSR count). The summed E-state index contributed by atoms with van der Waals surface area (Å²) in [7, 11) is 0. The van der Waals surface area contributed by atoms with E-state index in [1.54, 1.807) is 12.1 Å². The Balaban J connectivity index is 1.61. The van der Waals surface area contributed by atoms with E-state index in [-0.39, 0.29) is 16.9 Å². The van der Waals surface area contributed by atoms with E-state index >= 15 is 0 Å². The van der Waals surface area contributed by atoms with Crippen LogP contribution in [0.3, 0.4) is 0 Å². The molecule has 1 atom stereocenters. The molecule has 7 heteroatoms. The fraction of sp³-hybridized carbons (Fsp3) is 0.222. The molecule has 0 radical (unpaired) electrons. The van der Waals surface area contributed by atoms with Crippen LogP contribution < -0.4 is 16.0 Å². The van der Waals surface area contributed by atoms with E-state index in [1.165, 1.54) is 24.2 Å². The van der Waals surface area contributed by atoms with Crippen molar-refractivity contribution in [3.8, 4) is 0 Å². The first kappa shape index (κ1) is 25.5. The Morgan fingerprint density at radius 2 is 1.62 bits per heavy atom. The lowest BCUT2D eigenvalue weighted by Gasteiger charge is -2.17. The van der Waals surface area contributed by atoms with Crippen LogP contribution in [-0.4, -0.2) is 22.1 Å². The number of ketones is 1. The first-order valence-electron chi connectivity index (χ1n) is 11.1. The smallest absolute Gasteiger partial charge is 0.237 e. The molecule has 0 heterocycles. The number of rotatable bonds is 8. The lowest BCUT2D eigenvalue weighted by molar-refractivity contribution is -0.115. The van der Waals surface area contributed by atoms with E-state index in [0.29, 0.717) is 17.1 Å². The number of thiocarbonyl (C=S) groups is 1. The summed E-state index contributed by atoms with van der Waals surface area (Å²) in [4.78, 5) is 25.3. The molecule has 176 valence electrons. The molecular formula is C27H29N3O2S2. The van der Waals surface area contributed by atoms with Crippen molar-refractivity contribution in [3.63, 3.8) is 0 Å². The Hall–Kier alpha value is -3.16. The summed E-state index contributed by atoms with van der Waals surface area (Å²) < 4.78 is 0. The van der Waals surface area contributed by atoms with Gasteiger partial charge < -0.3 is 16.0 Å². The maximum Gasteiger partial charge on any atom is 0.237 e. The van der Waals surface area contributed by atoms with Crippen LogP contribution in [0.15, 0.2) is 71.6 Å². The molecule has 0 saturated heterocycles. The van der Waals surface area contributed by atoms with Gasteiger partial charge in [-0.3, -0.25) is 9.59 Å². The second-order valence-electron chi connectivity index (χ2n) is 8.06. The number of thioether (sulfide) groups is 1. The molecule has 0 fully saturated rings. The van der Waals surface area contributed by atoms with Crippen molar-refractivity contribution in [1.82, 2.24) is 0 Å². The van der Waals surface area contributed by atoms with Crippen LogP contribution in [0.4, 0.5) is 17.1 Å². The maximum absolute atomic E-state index is 12.9. The molecule has 0 saturated carbocycles. The van der Waals surface area contributed by atoms with Gasteiger partial charge >= 0.3 is 0 Å². The van der Waals surface area contributed by atoms with Gasteiger partial charge in [-0.2, -0.15) is 0 Å². The van der Waals surface area contributed by atoms with Crippen LogP contribution >= 0.6 is 24.0 Å². The fourth-order valence-corrected chi connectivity index (χ4v) is 4.63. The van der Waals surface area contributed by atoms with Gasteiger partial charge in [-0.15, -0.1) is 11.8 Å². The second-order valence-corrected chi connectivity index (χ2v) is 9.75. The average Bonchev–Trinajstić information content (AvgIpc) is 2.79. The molecule has 3 aromatic carbocycles. The lowest BCUT2D eigenvalue weighted by atomic mass is 10.1. The minimum absolute atomic E-state index is 0.0102. The molecule has 3 N–H and O–H groups in total. The van der Waals surface area contributed by atoms with E-state index in [9.17, 15) is 9.59 Å². The maximum atomic E-state index is 12.9. The van der Waals surface area contributed by atoms with Gasteiger partial charge in [-0.05, 0) is 93.5 Å². The Morgan fingerprint density at radius 1 is 0.912 bits per heavy atom. The Bertz CT molecular complexity index is 1190. The van der Waals surface area contributed by atoms with Gasteiger partial charge in [-0.25, -0.2) is 0 Å². The van der Waals surface area contributed by atoms with Crippen LogP contribution in [0, 0.1) is 13.8 Å². The van der Waals surface area contributed by atoms with E-state index in [1.807, 2.05) is 69.3 Å². The van der Waals surface area contributed by atoms with Crippen LogP contribution in [0.25, 0.3) is 0 Å². The van der Waals surface area contributed by atoms with Gasteiger partial charge in [-0.1, -0.05) is 30.7 Å². The number of carbonyl (C=O) groups is 2. The van der Waals surface area contributed by atoms with Crippen molar-refractivity contribution in [2.75, 3.05) is 16.0 Å². The molecule has 5 nitrogen and oxygen atoms in total. The number of amides is 1. The molecule has 1 unspecified atom stereocenters. The van der Waals surface area contributed by atoms with Gasteiger partial charge in [0.25, 0.3) is 0 Å². The minimum atomic E-state index is -0.221. The van der Waals surface area contributed by atoms with Gasteiger partial charge in [0.2, 0.25) is 5.91 Å². The topological polar surface area (TPSA) is 70.2 Å². The zero-order valence-corrected chi connectivity index (χ0v) is 21.4. The van der Waals surface area contributed by atoms with Crippen molar-refractivity contribution in [2.45, 2.75) is 44.3 Å². The predicted molar refractivity (Wildman–Crippen MR) is 147 cm³/mol. The van der Waals surface area contributed by atoms with Crippen molar-refractivity contribution in [2.24, 2.45) is 0 Å². The number of Topliss-reactive ketones (excluding diaryl/α,β-unsaturated/α-hetero) is 1. The van der Waals surface area contributed by atoms with Crippen molar-refractivity contribution >= 4 is 57.8 Å². The van der Waals surface area contributed by atoms with E-state index < -0.39 is 0 Å². The third kappa shape index (κ3) is 7.17. The Kier molecular flexibility index (Phi) is 8.85. The highest BCUT2D eigenvalue weighted by Crippen LogP contribution is 2.29. The predicted octanol–water partition coefficient (Wildman–Crippen LogP) is 6.82. The molecule has 0 aliphatic carbocycles. The highest BCUT2D eigenvalue weighted by molar-refractivity contribution is 8.00. The second kappa shape index (κ2) is 11.8. The third-order valence-electron chi connectivity index (χ3n) is 5.22. The number of anilines is 3. The van der Waals surface area contributed by atoms with Crippen molar-refractivity contribution in [3.05, 3.63) is 83.4 Å². The minimum Gasteiger partial charge on any atom is -0.332 e. The molecule has 0 aliphatic rings. The summed E-state index contributed by atoms with van der Waals surface area (Å²) in [6.07, 6.45) is 0.704. The molecule has 34 heavy (non-hydrogen) atoms. The SMILES string of the molecule is CCC(Sc1cccc(NC(=S)Nc2ccc(C(C)=O)cc2)c1)C(=O)Nc1ccc(C)cc1C. The zero-order chi connectivity index (χ0) is 24.7. The number of carbonyl (C=O) groups excluding carboxylic acids is 2. The molecule has 1 amide bonds. The van der Waals surface area contributed by atoms with Crippen LogP contribution in [0.5, 0.6) is 0 Å². The van der Waals surface area contributed by atoms with Crippen LogP contribution in [-0.2, 0) is 4.79 Å². The molecular weight excluding hydrogens is 462 g/mol. The summed E-state index contributed by atoms with van der Waals surface area (Å²) in [6.45, 7) is 7.59. The highest BCUT2D eigenvalue weighted by atomic mass is 32.2. The van der Waals surface area contributed by atoms with Crippen LogP contribution in [0.2, 0.25) is 0 Å². The van der Waals surface area contributed by atoms with Gasteiger partial charge in [0.15, 0.2) is 10.9 Å². The van der Waals surface area contributed by atoms with Gasteiger partial charge in [0.1, 0.15) is 0 Å². The van der Waals surface area contributed by atoms with E-state index in [2.05, 4.69) is 22.0 Å². The zero-order valence-electron chi connectivity index (χ0n) is 19.8. The molecule has 3 aromatic rings. The Labute approximate surface area is 210 Å². The van der Waals surface area contributed by atoms with Crippen LogP contribution in [0.1, 0.15) is 41.8 Å². The van der Waals surface area contributed by atoms with Gasteiger partial charge in [0.05, 0.1) is 5.25 Å². The standard InChI is InChI=1S/C27H29N3O2S2/c1-5-25(26(32)30-24-14-9-17(2)15-18(24)3)34-23-8-6-7-22(16-23)29-27(33)28-21-12-10-20(11-13-21)19(4)31/h6-16,25H,5H2,1-4H3,(H,30,32)(H2,28,29,33). The number of aryl methyl sites for hydroxylation is 2. The number of nitrogens with one attached hydrogen (secondary N) is 3. The van der Waals surface area contributed by atoms with E-state index in [0.717, 1.165) is 27.5 Å². The quantitative estimate of drug-likeness (QED) is 0.182. The summed E-state index contributed by atoms with van der Waals surface area (Å²) in [5.41, 5.74) is 5.34. The number of hydrogen-bond acceptors (Lipinski definition) is 4. The molecule has 0 spiro atoms. The average molecular weight is 492 g/mol. The van der Waals surface area contributed by atoms with E-state index in [4.69, 9.17) is 12.2 Å². The van der Waals surface area contributed by atoms with Crippen molar-refractivity contribution < 1.29 is 9.59 Å². The monoisotopic (exact) mass is 491 g/mol. The Morgan fingerprint density at radius 3 is 2.26 bits per heavy atom. The lowest BCUT2D eigenvalue weighted by Crippen LogP contribution is -2.25. The fourth-order valence-electron chi connectivity index (χ4n) is 3.38. The summed E-state index contributed by atoms with van der Waals surface area (Å²) in [5, 5.41) is 9.59. The summed E-state index contributed by atoms with van der Waals surface area (Å²) in [5.74, 6) is 0.0126. The molecule has 0 bridgehead atoms. The summed E-state index contributed by atoms with van der Waals surface area (Å²) >= 11 is 6.96. The normalized spacial score (nSPS) is 11.4. The highest BCUT2D eigenvalue weighted by Gasteiger charge is 2.19. The largest absolute Gasteiger partial charge is 0.332 e. The first-order valence-corrected chi connectivity index (χ1v) is 12.4. The molecule has 0 aromatic heterocycles. The summed E-state index contributed by atoms with van der Waals surface area (Å²) in [6, 6.07) is 21.0. The first-order chi connectivity index (χ1) is 16.2. The van der Waals surface area contributed by atoms with Gasteiger partial charge in [0, 0.05) is 27.5 Å². The number of hydrogen-bond donors (Lipinski definition) is 3. The molecule has 0 aliphatic heterocycles. The third-order valence-corrected chi connectivity index (χ3v) is 6.78. The number of benzene rings is 3.